The molecule has 2 rings (SSSR count). The number of carbonyl (C=O) groups excluding carboxylic acids is 2. The summed E-state index contributed by atoms with van der Waals surface area (Å²) >= 11 is 6.57. The number of hydrogen-bond donors (Lipinski definition) is 2. The van der Waals surface area contributed by atoms with Crippen molar-refractivity contribution in [3.05, 3.63) is 46.8 Å². The smallest absolute Gasteiger partial charge is 0.309 e. The van der Waals surface area contributed by atoms with Crippen molar-refractivity contribution in [1.29, 1.82) is 0 Å². The second-order valence-corrected chi connectivity index (χ2v) is 10.7. The predicted molar refractivity (Wildman–Crippen MR) is 139 cm³/mol. The topological polar surface area (TPSA) is 96.7 Å². The molecule has 35 heavy (non-hydrogen) atoms. The summed E-state index contributed by atoms with van der Waals surface area (Å²) in [7, 11) is 0. The molecule has 0 saturated carbocycles. The van der Waals surface area contributed by atoms with E-state index in [1.807, 2.05) is 32.9 Å². The number of nitrogens with zero attached hydrogens (tertiary/aromatic N) is 1. The molecule has 2 N–H and O–H groups in total. The maximum atomic E-state index is 13.4. The number of ketones is 1. The van der Waals surface area contributed by atoms with Crippen molar-refractivity contribution in [3.63, 3.8) is 0 Å². The van der Waals surface area contributed by atoms with Gasteiger partial charge in [-0.25, -0.2) is 0 Å². The van der Waals surface area contributed by atoms with Crippen molar-refractivity contribution < 1.29 is 24.5 Å². The SMILES string of the molecule is CC[C@H]1C(=O)C(C)(C)[C@@H](O)CC(=O)O[C@H](C(Cl)=Cc2ccccn2)C/C=C(/C)CCC[C@H](C)[C@@H]1O. The van der Waals surface area contributed by atoms with Gasteiger partial charge < -0.3 is 14.9 Å². The van der Waals surface area contributed by atoms with Crippen LogP contribution in [0.15, 0.2) is 41.1 Å². The van der Waals surface area contributed by atoms with Crippen LogP contribution in [-0.4, -0.2) is 45.3 Å². The zero-order valence-corrected chi connectivity index (χ0v) is 22.3. The molecule has 7 heteroatoms. The molecule has 0 radical (unpaired) electrons. The molecule has 6 nitrogen and oxygen atoms in total. The third-order valence-electron chi connectivity index (χ3n) is 7.07. The molecule has 0 amide bonds. The zero-order valence-electron chi connectivity index (χ0n) is 21.5. The molecule has 0 bridgehead atoms. The molecule has 2 heterocycles. The van der Waals surface area contributed by atoms with Crippen molar-refractivity contribution in [2.24, 2.45) is 17.3 Å². The maximum Gasteiger partial charge on any atom is 0.309 e. The van der Waals surface area contributed by atoms with Crippen LogP contribution in [0.25, 0.3) is 6.08 Å². The van der Waals surface area contributed by atoms with Crippen LogP contribution in [0.2, 0.25) is 0 Å². The largest absolute Gasteiger partial charge is 0.456 e. The lowest BCUT2D eigenvalue weighted by Crippen LogP contribution is -2.46. The van der Waals surface area contributed by atoms with Crippen molar-refractivity contribution in [3.8, 4) is 0 Å². The Morgan fingerprint density at radius 3 is 2.63 bits per heavy atom. The number of aliphatic hydroxyl groups is 2. The Labute approximate surface area is 214 Å². The van der Waals surface area contributed by atoms with Crippen molar-refractivity contribution in [2.75, 3.05) is 0 Å². The van der Waals surface area contributed by atoms with Gasteiger partial charge in [0.2, 0.25) is 0 Å². The highest BCUT2D eigenvalue weighted by Crippen LogP contribution is 2.34. The number of carbonyl (C=O) groups is 2. The molecule has 0 spiro atoms. The molecule has 1 aliphatic heterocycles. The number of aliphatic hydroxyl groups excluding tert-OH is 2. The van der Waals surface area contributed by atoms with E-state index in [0.717, 1.165) is 24.8 Å². The van der Waals surface area contributed by atoms with Gasteiger partial charge in [0.05, 0.1) is 34.8 Å². The number of rotatable bonds is 3. The average molecular weight is 506 g/mol. The first-order chi connectivity index (χ1) is 16.5. The Morgan fingerprint density at radius 1 is 1.29 bits per heavy atom. The summed E-state index contributed by atoms with van der Waals surface area (Å²) in [6.07, 6.45) is 5.49. The van der Waals surface area contributed by atoms with E-state index in [-0.39, 0.29) is 18.1 Å². The van der Waals surface area contributed by atoms with Gasteiger partial charge in [0.15, 0.2) is 0 Å². The number of cyclic esters (lactones) is 1. The third kappa shape index (κ3) is 8.26. The molecule has 194 valence electrons. The van der Waals surface area contributed by atoms with E-state index in [4.69, 9.17) is 16.3 Å². The highest BCUT2D eigenvalue weighted by Gasteiger charge is 2.43. The van der Waals surface area contributed by atoms with Gasteiger partial charge >= 0.3 is 5.97 Å². The molecular formula is C28H40ClNO5. The first-order valence-electron chi connectivity index (χ1n) is 12.5. The van der Waals surface area contributed by atoms with Gasteiger partial charge in [0.1, 0.15) is 11.9 Å². The van der Waals surface area contributed by atoms with Crippen LogP contribution in [0.3, 0.4) is 0 Å². The van der Waals surface area contributed by atoms with Crippen LogP contribution >= 0.6 is 11.6 Å². The van der Waals surface area contributed by atoms with Gasteiger partial charge in [-0.15, -0.1) is 0 Å². The minimum absolute atomic E-state index is 0.0639. The van der Waals surface area contributed by atoms with Crippen LogP contribution in [0.1, 0.15) is 78.8 Å². The lowest BCUT2D eigenvalue weighted by atomic mass is 9.71. The summed E-state index contributed by atoms with van der Waals surface area (Å²) in [5.41, 5.74) is 0.551. The van der Waals surface area contributed by atoms with Gasteiger partial charge in [-0.3, -0.25) is 14.6 Å². The Balaban J connectivity index is 2.36. The second kappa shape index (κ2) is 13.3. The Hall–Kier alpha value is -2.02. The molecule has 0 saturated heterocycles. The number of Topliss-reactive ketones (excluding diaryl/α,β-unsaturated/α-hetero) is 1. The molecule has 5 atom stereocenters. The van der Waals surface area contributed by atoms with Crippen molar-refractivity contribution >= 4 is 29.4 Å². The second-order valence-electron chi connectivity index (χ2n) is 10.2. The fraction of sp³-hybridized carbons (Fsp3) is 0.607. The number of pyridine rings is 1. The van der Waals surface area contributed by atoms with Gasteiger partial charge in [-0.1, -0.05) is 57.0 Å². The molecule has 1 aromatic heterocycles. The molecule has 0 aliphatic carbocycles. The van der Waals surface area contributed by atoms with Crippen LogP contribution in [-0.2, 0) is 14.3 Å². The standard InChI is InChI=1S/C28H40ClNO5/c1-6-21-26(33)19(3)11-9-10-18(2)13-14-23(22(29)16-20-12-7-8-15-30-20)35-25(32)17-24(31)28(4,5)27(21)34/h7-8,12-13,15-16,19,21,23-24,26,31,33H,6,9-11,14,17H2,1-5H3/b18-13-,22-16?/t19-,21+,23-,24-,26-/m0/s1. The number of ether oxygens (including phenoxy) is 1. The number of esters is 1. The van der Waals surface area contributed by atoms with E-state index < -0.39 is 35.6 Å². The first kappa shape index (κ1) is 29.2. The van der Waals surface area contributed by atoms with E-state index in [9.17, 15) is 19.8 Å². The summed E-state index contributed by atoms with van der Waals surface area (Å²) in [5.74, 6) is -1.56. The third-order valence-corrected chi connectivity index (χ3v) is 7.42. The Morgan fingerprint density at radius 2 is 2.00 bits per heavy atom. The molecule has 0 unspecified atom stereocenters. The summed E-state index contributed by atoms with van der Waals surface area (Å²) < 4.78 is 5.69. The van der Waals surface area contributed by atoms with Gasteiger partial charge in [-0.2, -0.15) is 0 Å². The van der Waals surface area contributed by atoms with E-state index >= 15 is 0 Å². The summed E-state index contributed by atoms with van der Waals surface area (Å²) in [5, 5.41) is 22.1. The highest BCUT2D eigenvalue weighted by molar-refractivity contribution is 6.32. The summed E-state index contributed by atoms with van der Waals surface area (Å²) in [6, 6.07) is 5.45. The lowest BCUT2D eigenvalue weighted by Gasteiger charge is -2.35. The molecule has 0 fully saturated rings. The average Bonchev–Trinajstić information content (AvgIpc) is 2.81. The Bertz CT molecular complexity index is 911. The summed E-state index contributed by atoms with van der Waals surface area (Å²) in [4.78, 5) is 30.5. The number of aromatic nitrogens is 1. The number of halogens is 1. The monoisotopic (exact) mass is 505 g/mol. The predicted octanol–water partition coefficient (Wildman–Crippen LogP) is 5.46. The van der Waals surface area contributed by atoms with Crippen LogP contribution < -0.4 is 0 Å². The van der Waals surface area contributed by atoms with Crippen molar-refractivity contribution in [2.45, 2.75) is 91.5 Å². The molecule has 0 aromatic carbocycles. The lowest BCUT2D eigenvalue weighted by molar-refractivity contribution is -0.154. The van der Waals surface area contributed by atoms with E-state index in [1.54, 1.807) is 38.3 Å². The Kier molecular flexibility index (Phi) is 11.1. The number of hydrogen-bond acceptors (Lipinski definition) is 6. The van der Waals surface area contributed by atoms with E-state index in [0.29, 0.717) is 23.6 Å². The van der Waals surface area contributed by atoms with Crippen molar-refractivity contribution in [1.82, 2.24) is 4.98 Å². The van der Waals surface area contributed by atoms with Gasteiger partial charge in [0.25, 0.3) is 0 Å². The molecule has 1 aromatic rings. The zero-order chi connectivity index (χ0) is 26.2. The molecular weight excluding hydrogens is 466 g/mol. The summed E-state index contributed by atoms with van der Waals surface area (Å²) in [6.45, 7) is 9.08. The minimum atomic E-state index is -1.26. The first-order valence-corrected chi connectivity index (χ1v) is 12.9. The van der Waals surface area contributed by atoms with Crippen LogP contribution in [0.5, 0.6) is 0 Å². The van der Waals surface area contributed by atoms with Crippen LogP contribution in [0, 0.1) is 17.3 Å². The van der Waals surface area contributed by atoms with Gasteiger partial charge in [0, 0.05) is 18.5 Å². The fourth-order valence-electron chi connectivity index (χ4n) is 4.44. The van der Waals surface area contributed by atoms with E-state index in [1.165, 1.54) is 0 Å². The maximum absolute atomic E-state index is 13.4. The number of allylic oxidation sites excluding steroid dienone is 1. The molecule has 1 aliphatic rings. The quantitative estimate of drug-likeness (QED) is 0.418. The van der Waals surface area contributed by atoms with E-state index in [2.05, 4.69) is 4.98 Å². The van der Waals surface area contributed by atoms with Crippen LogP contribution in [0.4, 0.5) is 0 Å². The fourth-order valence-corrected chi connectivity index (χ4v) is 4.68. The van der Waals surface area contributed by atoms with Gasteiger partial charge in [-0.05, 0) is 56.7 Å². The highest BCUT2D eigenvalue weighted by atomic mass is 35.5. The minimum Gasteiger partial charge on any atom is -0.456 e. The normalized spacial score (nSPS) is 31.4.